The van der Waals surface area contributed by atoms with E-state index in [1.54, 1.807) is 0 Å². The Morgan fingerprint density at radius 2 is 1.58 bits per heavy atom. The van der Waals surface area contributed by atoms with Crippen LogP contribution in [0.5, 0.6) is 0 Å². The van der Waals surface area contributed by atoms with Gasteiger partial charge in [0.2, 0.25) is 0 Å². The number of rotatable bonds is 4. The van der Waals surface area contributed by atoms with Gasteiger partial charge in [-0.3, -0.25) is 4.79 Å². The molecule has 2 aliphatic rings. The molecule has 0 N–H and O–H groups in total. The molecule has 1 heterocycles. The third-order valence-electron chi connectivity index (χ3n) is 5.98. The van der Waals surface area contributed by atoms with Crippen LogP contribution in [-0.4, -0.2) is 20.1 Å². The molecule has 0 amide bonds. The van der Waals surface area contributed by atoms with E-state index in [0.29, 0.717) is 11.5 Å². The van der Waals surface area contributed by atoms with Crippen molar-refractivity contribution in [3.8, 4) is 0 Å². The van der Waals surface area contributed by atoms with Gasteiger partial charge in [0.1, 0.15) is 6.10 Å². The largest absolute Gasteiger partial charge is 0.462 e. The summed E-state index contributed by atoms with van der Waals surface area (Å²) in [6, 6.07) is 3.72. The van der Waals surface area contributed by atoms with Gasteiger partial charge in [0.25, 0.3) is 0 Å². The number of fused-ring (bicyclic) bond motifs is 1. The smallest absolute Gasteiger partial charge is 0.306 e. The molecule has 0 aromatic rings. The monoisotopic (exact) mass is 282 g/mol. The minimum absolute atomic E-state index is 0.175. The maximum absolute atomic E-state index is 12.5. The third kappa shape index (κ3) is 2.76. The Morgan fingerprint density at radius 1 is 1.00 bits per heavy atom. The van der Waals surface area contributed by atoms with E-state index in [4.69, 9.17) is 4.74 Å². The fourth-order valence-corrected chi connectivity index (χ4v) is 9.19. The van der Waals surface area contributed by atoms with Gasteiger partial charge in [-0.1, -0.05) is 58.2 Å². The molecule has 1 saturated carbocycles. The van der Waals surface area contributed by atoms with Crippen LogP contribution in [0, 0.1) is 5.92 Å². The number of ether oxygens (including phenoxy) is 1. The number of hydrogen-bond acceptors (Lipinski definition) is 2. The van der Waals surface area contributed by atoms with Crippen LogP contribution in [0.25, 0.3) is 0 Å². The molecule has 1 aliphatic heterocycles. The first-order valence-electron chi connectivity index (χ1n) is 8.39. The summed E-state index contributed by atoms with van der Waals surface area (Å²) in [6.45, 7) is 6.92. The average Bonchev–Trinajstić information content (AvgIpc) is 2.70. The van der Waals surface area contributed by atoms with Crippen molar-refractivity contribution in [3.05, 3.63) is 0 Å². The lowest BCUT2D eigenvalue weighted by atomic mass is 9.88. The molecule has 0 bridgehead atoms. The predicted molar refractivity (Wildman–Crippen MR) is 82.0 cm³/mol. The second-order valence-electron chi connectivity index (χ2n) is 6.53. The van der Waals surface area contributed by atoms with Crippen LogP contribution in [0.1, 0.15) is 59.3 Å². The highest BCUT2D eigenvalue weighted by molar-refractivity contribution is 6.83. The Morgan fingerprint density at radius 3 is 2.16 bits per heavy atom. The Kier molecular flexibility index (Phi) is 5.10. The highest BCUT2D eigenvalue weighted by Gasteiger charge is 2.53. The van der Waals surface area contributed by atoms with Crippen LogP contribution >= 0.6 is 0 Å². The summed E-state index contributed by atoms with van der Waals surface area (Å²) in [5, 5.41) is 0. The van der Waals surface area contributed by atoms with Crippen molar-refractivity contribution >= 4 is 14.0 Å². The van der Waals surface area contributed by atoms with Gasteiger partial charge in [0.15, 0.2) is 0 Å². The van der Waals surface area contributed by atoms with E-state index >= 15 is 0 Å². The van der Waals surface area contributed by atoms with Gasteiger partial charge >= 0.3 is 5.97 Å². The van der Waals surface area contributed by atoms with Gasteiger partial charge in [-0.15, -0.1) is 0 Å². The first kappa shape index (κ1) is 15.1. The summed E-state index contributed by atoms with van der Waals surface area (Å²) in [7, 11) is -1.47. The standard InChI is InChI=1S/C16H30O2Si/c1-4-19(5-2,6-3)15-13-11-9-7-8-10-12-14(13)18-16(15)17/h13-15H,4-12H2,1-3H3/t13-,14-,15+/m0/s1. The molecule has 0 radical (unpaired) electrons. The summed E-state index contributed by atoms with van der Waals surface area (Å²) in [4.78, 5) is 12.5. The number of hydrogen-bond donors (Lipinski definition) is 0. The fourth-order valence-electron chi connectivity index (χ4n) is 4.52. The lowest BCUT2D eigenvalue weighted by Gasteiger charge is -2.36. The Bertz CT molecular complexity index is 304. The Hall–Kier alpha value is -0.313. The van der Waals surface area contributed by atoms with Crippen molar-refractivity contribution in [1.82, 2.24) is 0 Å². The van der Waals surface area contributed by atoms with Crippen LogP contribution in [-0.2, 0) is 9.53 Å². The third-order valence-corrected chi connectivity index (χ3v) is 12.2. The molecular formula is C16H30O2Si. The molecule has 2 fully saturated rings. The lowest BCUT2D eigenvalue weighted by molar-refractivity contribution is -0.141. The van der Waals surface area contributed by atoms with E-state index in [1.807, 2.05) is 0 Å². The molecule has 2 rings (SSSR count). The molecule has 110 valence electrons. The molecular weight excluding hydrogens is 252 g/mol. The molecule has 0 spiro atoms. The minimum Gasteiger partial charge on any atom is -0.462 e. The Labute approximate surface area is 119 Å². The molecule has 2 nitrogen and oxygen atoms in total. The van der Waals surface area contributed by atoms with Crippen LogP contribution < -0.4 is 0 Å². The molecule has 19 heavy (non-hydrogen) atoms. The molecule has 3 heteroatoms. The van der Waals surface area contributed by atoms with Crippen molar-refractivity contribution in [3.63, 3.8) is 0 Å². The highest BCUT2D eigenvalue weighted by Crippen LogP contribution is 2.49. The van der Waals surface area contributed by atoms with Gasteiger partial charge in [-0.05, 0) is 19.3 Å². The molecule has 0 aromatic carbocycles. The summed E-state index contributed by atoms with van der Waals surface area (Å²) in [5.74, 6) is 0.730. The van der Waals surface area contributed by atoms with Gasteiger partial charge in [0, 0.05) is 5.92 Å². The molecule has 1 aliphatic carbocycles. The zero-order valence-electron chi connectivity index (χ0n) is 12.9. The van der Waals surface area contributed by atoms with Crippen LogP contribution in [0.2, 0.25) is 23.7 Å². The van der Waals surface area contributed by atoms with Crippen molar-refractivity contribution in [2.24, 2.45) is 5.92 Å². The lowest BCUT2D eigenvalue weighted by Crippen LogP contribution is -2.43. The second kappa shape index (κ2) is 6.42. The van der Waals surface area contributed by atoms with Crippen molar-refractivity contribution in [1.29, 1.82) is 0 Å². The van der Waals surface area contributed by atoms with Crippen molar-refractivity contribution in [2.45, 2.75) is 89.1 Å². The fraction of sp³-hybridized carbons (Fsp3) is 0.938. The molecule has 3 atom stereocenters. The van der Waals surface area contributed by atoms with Crippen LogP contribution in [0.15, 0.2) is 0 Å². The van der Waals surface area contributed by atoms with Gasteiger partial charge in [-0.2, -0.15) is 0 Å². The highest BCUT2D eigenvalue weighted by atomic mass is 28.3. The zero-order valence-corrected chi connectivity index (χ0v) is 13.9. The van der Waals surface area contributed by atoms with Gasteiger partial charge in [0.05, 0.1) is 13.6 Å². The molecule has 0 unspecified atom stereocenters. The summed E-state index contributed by atoms with van der Waals surface area (Å²) < 4.78 is 5.82. The maximum atomic E-state index is 12.5. The summed E-state index contributed by atoms with van der Waals surface area (Å²) in [6.07, 6.45) is 7.83. The quantitative estimate of drug-likeness (QED) is 0.549. The first-order valence-corrected chi connectivity index (χ1v) is 11.1. The predicted octanol–water partition coefficient (Wildman–Crippen LogP) is 4.76. The SMILES string of the molecule is CC[Si](CC)(CC)[C@H]1C(=O)O[C@H]2CCCCCC[C@@H]21. The Balaban J connectivity index is 2.24. The number of carbonyl (C=O) groups excluding carboxylic acids is 1. The van der Waals surface area contributed by atoms with E-state index in [9.17, 15) is 4.79 Å². The normalized spacial score (nSPS) is 32.4. The van der Waals surface area contributed by atoms with E-state index in [2.05, 4.69) is 20.8 Å². The van der Waals surface area contributed by atoms with Gasteiger partial charge in [-0.25, -0.2) is 0 Å². The second-order valence-corrected chi connectivity index (χ2v) is 12.0. The number of carbonyl (C=O) groups is 1. The molecule has 0 aromatic heterocycles. The summed E-state index contributed by atoms with van der Waals surface area (Å²) >= 11 is 0. The van der Waals surface area contributed by atoms with Crippen LogP contribution in [0.4, 0.5) is 0 Å². The number of esters is 1. The van der Waals surface area contributed by atoms with E-state index in [1.165, 1.54) is 50.2 Å². The van der Waals surface area contributed by atoms with E-state index in [-0.39, 0.29) is 12.1 Å². The van der Waals surface area contributed by atoms with E-state index in [0.717, 1.165) is 6.42 Å². The average molecular weight is 282 g/mol. The van der Waals surface area contributed by atoms with Crippen molar-refractivity contribution in [2.75, 3.05) is 0 Å². The molecule has 1 saturated heterocycles. The van der Waals surface area contributed by atoms with Crippen LogP contribution in [0.3, 0.4) is 0 Å². The zero-order chi connectivity index (χ0) is 13.9. The minimum atomic E-state index is -1.47. The van der Waals surface area contributed by atoms with E-state index < -0.39 is 8.07 Å². The van der Waals surface area contributed by atoms with Gasteiger partial charge < -0.3 is 4.74 Å². The van der Waals surface area contributed by atoms with Crippen molar-refractivity contribution < 1.29 is 9.53 Å². The topological polar surface area (TPSA) is 26.3 Å². The first-order chi connectivity index (χ1) is 9.18. The summed E-state index contributed by atoms with van der Waals surface area (Å²) in [5.41, 5.74) is 0.301. The maximum Gasteiger partial charge on any atom is 0.306 e.